The molecule has 0 saturated carbocycles. The van der Waals surface area contributed by atoms with E-state index in [0.717, 1.165) is 36.0 Å². The maximum Gasteiger partial charge on any atom is 0.0772 e. The van der Waals surface area contributed by atoms with Gasteiger partial charge in [-0.15, -0.1) is 0 Å². The molecular weight excluding hydrogens is 322 g/mol. The van der Waals surface area contributed by atoms with E-state index in [4.69, 9.17) is 9.84 Å². The van der Waals surface area contributed by atoms with Crippen molar-refractivity contribution >= 4 is 21.6 Å². The van der Waals surface area contributed by atoms with E-state index in [9.17, 15) is 5.11 Å². The molecule has 0 bridgehead atoms. The van der Waals surface area contributed by atoms with Crippen molar-refractivity contribution in [3.63, 3.8) is 0 Å². The van der Waals surface area contributed by atoms with Gasteiger partial charge in [0.2, 0.25) is 0 Å². The summed E-state index contributed by atoms with van der Waals surface area (Å²) in [6.07, 6.45) is 1.76. The number of anilines is 1. The lowest BCUT2D eigenvalue weighted by atomic mass is 10.1. The van der Waals surface area contributed by atoms with Gasteiger partial charge in [-0.3, -0.25) is 0 Å². The molecule has 1 atom stereocenters. The van der Waals surface area contributed by atoms with Crippen molar-refractivity contribution < 1.29 is 14.9 Å². The molecule has 1 aliphatic rings. The molecule has 4 nitrogen and oxygen atoms in total. The monoisotopic (exact) mass is 343 g/mol. The van der Waals surface area contributed by atoms with E-state index in [2.05, 4.69) is 33.0 Å². The molecule has 1 heterocycles. The molecular formula is C15H22BrNO3. The topological polar surface area (TPSA) is 52.9 Å². The largest absolute Gasteiger partial charge is 0.394 e. The smallest absolute Gasteiger partial charge is 0.0772 e. The van der Waals surface area contributed by atoms with Crippen LogP contribution < -0.4 is 4.90 Å². The molecule has 2 N–H and O–H groups in total. The molecule has 0 amide bonds. The van der Waals surface area contributed by atoms with Gasteiger partial charge in [-0.25, -0.2) is 0 Å². The van der Waals surface area contributed by atoms with E-state index < -0.39 is 6.10 Å². The average Bonchev–Trinajstić information content (AvgIpc) is 2.45. The molecule has 0 aliphatic carbocycles. The summed E-state index contributed by atoms with van der Waals surface area (Å²) in [6.45, 7) is 4.20. The molecule has 1 saturated heterocycles. The van der Waals surface area contributed by atoms with Crippen LogP contribution in [0, 0.1) is 0 Å². The third-order valence-electron chi connectivity index (χ3n) is 3.69. The number of aliphatic hydroxyl groups excluding tert-OH is 2. The Morgan fingerprint density at radius 2 is 2.10 bits per heavy atom. The third-order valence-corrected chi connectivity index (χ3v) is 4.37. The number of hydrogen-bond acceptors (Lipinski definition) is 4. The lowest BCUT2D eigenvalue weighted by Crippen LogP contribution is -2.37. The molecule has 1 aromatic rings. The summed E-state index contributed by atoms with van der Waals surface area (Å²) in [6, 6.07) is 6.09. The van der Waals surface area contributed by atoms with Crippen LogP contribution in [0.2, 0.25) is 0 Å². The van der Waals surface area contributed by atoms with Crippen molar-refractivity contribution in [2.75, 3.05) is 31.2 Å². The highest BCUT2D eigenvalue weighted by Crippen LogP contribution is 2.29. The van der Waals surface area contributed by atoms with Gasteiger partial charge in [-0.2, -0.15) is 0 Å². The minimum atomic E-state index is -0.462. The summed E-state index contributed by atoms with van der Waals surface area (Å²) < 4.78 is 6.52. The number of piperidine rings is 1. The van der Waals surface area contributed by atoms with E-state index in [1.54, 1.807) is 6.92 Å². The first kappa shape index (κ1) is 15.8. The highest BCUT2D eigenvalue weighted by Gasteiger charge is 2.20. The predicted molar refractivity (Wildman–Crippen MR) is 83.0 cm³/mol. The lowest BCUT2D eigenvalue weighted by molar-refractivity contribution is 0.0159. The first-order valence-corrected chi connectivity index (χ1v) is 7.86. The molecule has 1 fully saturated rings. The summed E-state index contributed by atoms with van der Waals surface area (Å²) >= 11 is 3.52. The van der Waals surface area contributed by atoms with Crippen LogP contribution in [0.3, 0.4) is 0 Å². The number of hydrogen-bond donors (Lipinski definition) is 2. The first-order chi connectivity index (χ1) is 9.61. The molecule has 1 aromatic carbocycles. The number of rotatable bonds is 5. The molecule has 0 spiro atoms. The fourth-order valence-corrected chi connectivity index (χ4v) is 3.25. The van der Waals surface area contributed by atoms with Gasteiger partial charge in [0, 0.05) is 23.2 Å². The van der Waals surface area contributed by atoms with Gasteiger partial charge in [0.05, 0.1) is 25.4 Å². The highest BCUT2D eigenvalue weighted by molar-refractivity contribution is 9.10. The Balaban J connectivity index is 1.95. The van der Waals surface area contributed by atoms with Crippen molar-refractivity contribution in [3.8, 4) is 0 Å². The van der Waals surface area contributed by atoms with Crippen LogP contribution in [-0.4, -0.2) is 42.6 Å². The number of halogens is 1. The van der Waals surface area contributed by atoms with Crippen molar-refractivity contribution in [1.82, 2.24) is 0 Å². The van der Waals surface area contributed by atoms with E-state index in [1.807, 2.05) is 6.07 Å². The van der Waals surface area contributed by atoms with E-state index >= 15 is 0 Å². The second-order valence-electron chi connectivity index (χ2n) is 5.16. The number of aliphatic hydroxyl groups is 2. The maximum atomic E-state index is 9.64. The minimum Gasteiger partial charge on any atom is -0.394 e. The summed E-state index contributed by atoms with van der Waals surface area (Å²) in [7, 11) is 0. The third kappa shape index (κ3) is 3.95. The minimum absolute atomic E-state index is 0.0912. The van der Waals surface area contributed by atoms with Gasteiger partial charge in [-0.1, -0.05) is 22.0 Å². The summed E-state index contributed by atoms with van der Waals surface area (Å²) in [4.78, 5) is 2.33. The second-order valence-corrected chi connectivity index (χ2v) is 6.02. The van der Waals surface area contributed by atoms with E-state index in [-0.39, 0.29) is 12.7 Å². The predicted octanol–water partition coefficient (Wildman–Crippen LogP) is 2.48. The van der Waals surface area contributed by atoms with Crippen molar-refractivity contribution in [1.29, 1.82) is 0 Å². The maximum absolute atomic E-state index is 9.64. The molecule has 1 aliphatic heterocycles. The molecule has 0 radical (unpaired) electrons. The standard InChI is InChI=1S/C15H22BrNO3/c1-11(19)14-3-2-12(10-15(14)16)17-6-4-13(5-7-17)20-9-8-18/h2-3,10-11,13,18-19H,4-9H2,1H3/t11-/m0/s1. The Morgan fingerprint density at radius 3 is 2.65 bits per heavy atom. The quantitative estimate of drug-likeness (QED) is 0.862. The van der Waals surface area contributed by atoms with Crippen molar-refractivity contribution in [3.05, 3.63) is 28.2 Å². The fraction of sp³-hybridized carbons (Fsp3) is 0.600. The summed E-state index contributed by atoms with van der Waals surface area (Å²) in [5.41, 5.74) is 2.08. The van der Waals surface area contributed by atoms with Gasteiger partial charge in [0.25, 0.3) is 0 Å². The molecule has 5 heteroatoms. The van der Waals surface area contributed by atoms with E-state index in [1.165, 1.54) is 5.69 Å². The van der Waals surface area contributed by atoms with Gasteiger partial charge < -0.3 is 19.8 Å². The SMILES string of the molecule is C[C@H](O)c1ccc(N2CCC(OCCO)CC2)cc1Br. The zero-order chi connectivity index (χ0) is 14.5. The summed E-state index contributed by atoms with van der Waals surface area (Å²) in [5, 5.41) is 18.4. The fourth-order valence-electron chi connectivity index (χ4n) is 2.55. The van der Waals surface area contributed by atoms with Crippen LogP contribution in [0.1, 0.15) is 31.4 Å². The Morgan fingerprint density at radius 1 is 1.40 bits per heavy atom. The second kappa shape index (κ2) is 7.41. The number of nitrogens with zero attached hydrogens (tertiary/aromatic N) is 1. The van der Waals surface area contributed by atoms with Gasteiger partial charge >= 0.3 is 0 Å². The van der Waals surface area contributed by atoms with Crippen molar-refractivity contribution in [2.24, 2.45) is 0 Å². The van der Waals surface area contributed by atoms with Crippen LogP contribution in [-0.2, 0) is 4.74 Å². The average molecular weight is 344 g/mol. The zero-order valence-corrected chi connectivity index (χ0v) is 13.3. The molecule has 20 heavy (non-hydrogen) atoms. The van der Waals surface area contributed by atoms with Gasteiger partial charge in [-0.05, 0) is 37.5 Å². The Hall–Kier alpha value is -0.620. The first-order valence-electron chi connectivity index (χ1n) is 7.06. The van der Waals surface area contributed by atoms with Gasteiger partial charge in [0.1, 0.15) is 0 Å². The zero-order valence-electron chi connectivity index (χ0n) is 11.8. The van der Waals surface area contributed by atoms with Crippen LogP contribution in [0.4, 0.5) is 5.69 Å². The van der Waals surface area contributed by atoms with E-state index in [0.29, 0.717) is 6.61 Å². The molecule has 0 unspecified atom stereocenters. The Labute approximate surface area is 128 Å². The van der Waals surface area contributed by atoms with Crippen LogP contribution in [0.25, 0.3) is 0 Å². The van der Waals surface area contributed by atoms with Crippen LogP contribution >= 0.6 is 15.9 Å². The lowest BCUT2D eigenvalue weighted by Gasteiger charge is -2.33. The van der Waals surface area contributed by atoms with Crippen molar-refractivity contribution in [2.45, 2.75) is 32.0 Å². The van der Waals surface area contributed by atoms with Gasteiger partial charge in [0.15, 0.2) is 0 Å². The number of benzene rings is 1. The molecule has 2 rings (SSSR count). The summed E-state index contributed by atoms with van der Waals surface area (Å²) in [5.74, 6) is 0. The Bertz CT molecular complexity index is 431. The molecule has 0 aromatic heterocycles. The number of ether oxygens (including phenoxy) is 1. The Kier molecular flexibility index (Phi) is 5.84. The molecule has 112 valence electrons. The highest BCUT2D eigenvalue weighted by atomic mass is 79.9. The van der Waals surface area contributed by atoms with Crippen LogP contribution in [0.5, 0.6) is 0 Å². The normalized spacial score (nSPS) is 18.3. The van der Waals surface area contributed by atoms with Crippen LogP contribution in [0.15, 0.2) is 22.7 Å².